The molecule has 8 nitrogen and oxygen atoms in total. The van der Waals surface area contributed by atoms with Crippen LogP contribution in [0.15, 0.2) is 30.6 Å². The number of hydrogen-bond donors (Lipinski definition) is 1. The van der Waals surface area contributed by atoms with Crippen molar-refractivity contribution in [3.8, 4) is 0 Å². The highest BCUT2D eigenvalue weighted by atomic mass is 19.1. The molecular formula is C23H27FN4O4. The van der Waals surface area contributed by atoms with Crippen LogP contribution in [0.2, 0.25) is 0 Å². The quantitative estimate of drug-likeness (QED) is 0.719. The van der Waals surface area contributed by atoms with Crippen LogP contribution < -0.4 is 5.32 Å². The molecule has 1 aromatic heterocycles. The highest BCUT2D eigenvalue weighted by Gasteiger charge is 2.49. The van der Waals surface area contributed by atoms with E-state index >= 15 is 0 Å². The van der Waals surface area contributed by atoms with E-state index in [1.807, 2.05) is 0 Å². The van der Waals surface area contributed by atoms with Gasteiger partial charge in [0.2, 0.25) is 5.91 Å². The molecule has 2 amide bonds. The summed E-state index contributed by atoms with van der Waals surface area (Å²) in [6.07, 6.45) is 6.50. The van der Waals surface area contributed by atoms with Crippen LogP contribution in [0.25, 0.3) is 0 Å². The van der Waals surface area contributed by atoms with Gasteiger partial charge in [-0.1, -0.05) is 31.4 Å². The number of amides is 2. The van der Waals surface area contributed by atoms with Gasteiger partial charge in [-0.25, -0.2) is 14.2 Å². The van der Waals surface area contributed by atoms with Gasteiger partial charge in [0.15, 0.2) is 5.69 Å². The lowest BCUT2D eigenvalue weighted by molar-refractivity contribution is -0.134. The lowest BCUT2D eigenvalue weighted by Gasteiger charge is -2.44. The SMILES string of the molecule is COC(=O)c1ncn2c1C(=O)N(Cc1ccc(F)cc1)C(C)(C(=O)NC1CCCCC1)C2. The van der Waals surface area contributed by atoms with Crippen LogP contribution in [0.3, 0.4) is 0 Å². The Morgan fingerprint density at radius 2 is 1.91 bits per heavy atom. The van der Waals surface area contributed by atoms with Crippen molar-refractivity contribution in [2.45, 2.75) is 63.7 Å². The van der Waals surface area contributed by atoms with E-state index in [1.165, 1.54) is 35.0 Å². The number of ether oxygens (including phenoxy) is 1. The van der Waals surface area contributed by atoms with Crippen molar-refractivity contribution in [2.24, 2.45) is 0 Å². The maximum Gasteiger partial charge on any atom is 0.359 e. The minimum Gasteiger partial charge on any atom is -0.464 e. The van der Waals surface area contributed by atoms with Gasteiger partial charge in [-0.3, -0.25) is 9.59 Å². The van der Waals surface area contributed by atoms with Gasteiger partial charge in [-0.05, 0) is 37.5 Å². The molecular weight excluding hydrogens is 415 g/mol. The van der Waals surface area contributed by atoms with Gasteiger partial charge in [0, 0.05) is 12.6 Å². The summed E-state index contributed by atoms with van der Waals surface area (Å²) >= 11 is 0. The largest absolute Gasteiger partial charge is 0.464 e. The number of hydrogen-bond acceptors (Lipinski definition) is 5. The Labute approximate surface area is 185 Å². The predicted octanol–water partition coefficient (Wildman–Crippen LogP) is 2.67. The molecule has 0 radical (unpaired) electrons. The van der Waals surface area contributed by atoms with Crippen LogP contribution in [-0.2, 0) is 22.6 Å². The molecule has 170 valence electrons. The number of carbonyl (C=O) groups is 3. The molecule has 0 saturated heterocycles. The third-order valence-corrected chi connectivity index (χ3v) is 6.42. The van der Waals surface area contributed by atoms with Crippen molar-refractivity contribution < 1.29 is 23.5 Å². The molecule has 1 unspecified atom stereocenters. The molecule has 1 aliphatic carbocycles. The van der Waals surface area contributed by atoms with Gasteiger partial charge in [0.25, 0.3) is 5.91 Å². The molecule has 2 heterocycles. The molecule has 32 heavy (non-hydrogen) atoms. The molecule has 9 heteroatoms. The Morgan fingerprint density at radius 3 is 2.56 bits per heavy atom. The van der Waals surface area contributed by atoms with Crippen molar-refractivity contribution in [3.63, 3.8) is 0 Å². The van der Waals surface area contributed by atoms with Crippen LogP contribution in [0, 0.1) is 5.82 Å². The number of nitrogens with zero attached hydrogens (tertiary/aromatic N) is 3. The summed E-state index contributed by atoms with van der Waals surface area (Å²) in [6, 6.07) is 5.86. The van der Waals surface area contributed by atoms with E-state index < -0.39 is 17.4 Å². The van der Waals surface area contributed by atoms with Crippen molar-refractivity contribution >= 4 is 17.8 Å². The molecule has 1 aromatic carbocycles. The van der Waals surface area contributed by atoms with Crippen LogP contribution in [0.5, 0.6) is 0 Å². The van der Waals surface area contributed by atoms with Gasteiger partial charge in [-0.2, -0.15) is 0 Å². The van der Waals surface area contributed by atoms with E-state index in [-0.39, 0.29) is 42.2 Å². The van der Waals surface area contributed by atoms with Gasteiger partial charge >= 0.3 is 5.97 Å². The fraction of sp³-hybridized carbons (Fsp3) is 0.478. The number of nitrogens with one attached hydrogen (secondary N) is 1. The average molecular weight is 442 g/mol. The first-order valence-corrected chi connectivity index (χ1v) is 10.8. The summed E-state index contributed by atoms with van der Waals surface area (Å²) in [5.41, 5.74) is -0.549. The second-order valence-corrected chi connectivity index (χ2v) is 8.66. The summed E-state index contributed by atoms with van der Waals surface area (Å²) < 4.78 is 19.7. The number of methoxy groups -OCH3 is 1. The molecule has 1 aliphatic heterocycles. The minimum absolute atomic E-state index is 0.0747. The van der Waals surface area contributed by atoms with Gasteiger partial charge in [0.1, 0.15) is 17.1 Å². The second-order valence-electron chi connectivity index (χ2n) is 8.66. The van der Waals surface area contributed by atoms with Gasteiger partial charge < -0.3 is 19.5 Å². The highest BCUT2D eigenvalue weighted by Crippen LogP contribution is 2.31. The van der Waals surface area contributed by atoms with Crippen molar-refractivity contribution in [3.05, 3.63) is 53.4 Å². The molecule has 0 spiro atoms. The zero-order chi connectivity index (χ0) is 22.9. The third kappa shape index (κ3) is 3.99. The molecule has 0 bridgehead atoms. The average Bonchev–Trinajstić information content (AvgIpc) is 3.21. The van der Waals surface area contributed by atoms with Crippen LogP contribution in [0.1, 0.15) is 65.6 Å². The smallest absolute Gasteiger partial charge is 0.359 e. The Bertz CT molecular complexity index is 1030. The van der Waals surface area contributed by atoms with E-state index in [1.54, 1.807) is 19.1 Å². The van der Waals surface area contributed by atoms with Crippen LogP contribution >= 0.6 is 0 Å². The summed E-state index contributed by atoms with van der Waals surface area (Å²) in [6.45, 7) is 1.94. The summed E-state index contributed by atoms with van der Waals surface area (Å²) in [5, 5.41) is 3.13. The number of halogens is 1. The Balaban J connectivity index is 1.71. The van der Waals surface area contributed by atoms with E-state index in [4.69, 9.17) is 4.74 Å². The summed E-state index contributed by atoms with van der Waals surface area (Å²) in [5.74, 6) is -1.86. The van der Waals surface area contributed by atoms with Crippen LogP contribution in [-0.4, -0.2) is 50.9 Å². The zero-order valence-corrected chi connectivity index (χ0v) is 18.3. The van der Waals surface area contributed by atoms with Gasteiger partial charge in [-0.15, -0.1) is 0 Å². The Hall–Kier alpha value is -3.23. The minimum atomic E-state index is -1.22. The van der Waals surface area contributed by atoms with E-state index in [0.717, 1.165) is 32.1 Å². The number of carbonyl (C=O) groups excluding carboxylic acids is 3. The van der Waals surface area contributed by atoms with Crippen molar-refractivity contribution in [1.29, 1.82) is 0 Å². The van der Waals surface area contributed by atoms with E-state index in [9.17, 15) is 18.8 Å². The first-order valence-electron chi connectivity index (χ1n) is 10.8. The molecule has 2 aromatic rings. The standard InChI is InChI=1S/C23H27FN4O4/c1-23(22(31)26-17-6-4-3-5-7-17)13-27-14-25-18(21(30)32-2)19(27)20(29)28(23)12-15-8-10-16(24)11-9-15/h8-11,14,17H,3-7,12-13H2,1-2H3,(H,26,31). The van der Waals surface area contributed by atoms with Crippen molar-refractivity contribution in [1.82, 2.24) is 19.8 Å². The monoisotopic (exact) mass is 442 g/mol. The number of fused-ring (bicyclic) bond motifs is 1. The van der Waals surface area contributed by atoms with Crippen molar-refractivity contribution in [2.75, 3.05) is 7.11 Å². The first-order chi connectivity index (χ1) is 15.3. The number of esters is 1. The molecule has 4 rings (SSSR count). The topological polar surface area (TPSA) is 93.5 Å². The highest BCUT2D eigenvalue weighted by molar-refractivity contribution is 6.06. The number of benzene rings is 1. The Kier molecular flexibility index (Phi) is 5.99. The first kappa shape index (κ1) is 22.0. The van der Waals surface area contributed by atoms with Gasteiger partial charge in [0.05, 0.1) is 20.0 Å². The normalized spacial score (nSPS) is 21.2. The molecule has 2 aliphatic rings. The zero-order valence-electron chi connectivity index (χ0n) is 18.3. The third-order valence-electron chi connectivity index (χ3n) is 6.42. The number of aromatic nitrogens is 2. The molecule has 1 N–H and O–H groups in total. The van der Waals surface area contributed by atoms with Crippen LogP contribution in [0.4, 0.5) is 4.39 Å². The molecule has 1 fully saturated rings. The number of rotatable bonds is 5. The molecule has 1 saturated carbocycles. The second kappa shape index (κ2) is 8.72. The predicted molar refractivity (Wildman–Crippen MR) is 113 cm³/mol. The maximum absolute atomic E-state index is 13.6. The summed E-state index contributed by atoms with van der Waals surface area (Å²) in [4.78, 5) is 44.8. The lowest BCUT2D eigenvalue weighted by atomic mass is 9.91. The molecule has 1 atom stereocenters. The summed E-state index contributed by atoms with van der Waals surface area (Å²) in [7, 11) is 1.22. The number of imidazole rings is 1. The maximum atomic E-state index is 13.6. The van der Waals surface area contributed by atoms with E-state index in [2.05, 4.69) is 10.3 Å². The Morgan fingerprint density at radius 1 is 1.22 bits per heavy atom. The van der Waals surface area contributed by atoms with E-state index in [0.29, 0.717) is 5.56 Å². The fourth-order valence-electron chi connectivity index (χ4n) is 4.54. The fourth-order valence-corrected chi connectivity index (χ4v) is 4.54. The lowest BCUT2D eigenvalue weighted by Crippen LogP contribution is -2.64.